The molecule has 0 fully saturated rings. The highest BCUT2D eigenvalue weighted by molar-refractivity contribution is 9.11. The van der Waals surface area contributed by atoms with Crippen molar-refractivity contribution in [3.05, 3.63) is 55.4 Å². The summed E-state index contributed by atoms with van der Waals surface area (Å²) in [6.45, 7) is 0.362. The van der Waals surface area contributed by atoms with E-state index >= 15 is 0 Å². The quantitative estimate of drug-likeness (QED) is 0.553. The zero-order valence-corrected chi connectivity index (χ0v) is 16.8. The van der Waals surface area contributed by atoms with Crippen LogP contribution in [0.5, 0.6) is 5.75 Å². The fourth-order valence-electron chi connectivity index (χ4n) is 2.18. The predicted octanol–water partition coefficient (Wildman–Crippen LogP) is 5.50. The Labute approximate surface area is 162 Å². The summed E-state index contributed by atoms with van der Waals surface area (Å²) in [7, 11) is 1.83. The molecule has 0 saturated carbocycles. The van der Waals surface area contributed by atoms with Gasteiger partial charge in [0, 0.05) is 24.2 Å². The molecular weight excluding hydrogens is 461 g/mol. The highest BCUT2D eigenvalue weighted by atomic mass is 79.9. The molecule has 0 atom stereocenters. The molecule has 0 aliphatic heterocycles. The van der Waals surface area contributed by atoms with Gasteiger partial charge in [0.15, 0.2) is 0 Å². The van der Waals surface area contributed by atoms with Crippen molar-refractivity contribution in [3.63, 3.8) is 0 Å². The third-order valence-electron chi connectivity index (χ3n) is 3.32. The Morgan fingerprint density at radius 3 is 2.42 bits per heavy atom. The molecule has 0 aliphatic carbocycles. The minimum absolute atomic E-state index is 0.0917. The molecular formula is C17H16Br2ClNO3. The first kappa shape index (κ1) is 19.1. The molecule has 128 valence electrons. The molecule has 0 spiro atoms. The van der Waals surface area contributed by atoms with Crippen LogP contribution in [0.2, 0.25) is 5.02 Å². The Balaban J connectivity index is 2.12. The number of halogens is 3. The van der Waals surface area contributed by atoms with Gasteiger partial charge in [-0.15, -0.1) is 0 Å². The highest BCUT2D eigenvalue weighted by Crippen LogP contribution is 2.36. The maximum absolute atomic E-state index is 10.7. The van der Waals surface area contributed by atoms with Crippen LogP contribution < -0.4 is 10.1 Å². The first-order valence-electron chi connectivity index (χ1n) is 7.18. The number of rotatable bonds is 7. The zero-order valence-electron chi connectivity index (χ0n) is 12.9. The van der Waals surface area contributed by atoms with Crippen molar-refractivity contribution in [2.75, 3.05) is 12.4 Å². The van der Waals surface area contributed by atoms with Gasteiger partial charge in [-0.25, -0.2) is 0 Å². The minimum Gasteiger partial charge on any atom is -0.487 e. The Bertz CT molecular complexity index is 730. The number of nitrogens with one attached hydrogen (secondary N) is 1. The van der Waals surface area contributed by atoms with Crippen LogP contribution in [-0.2, 0) is 17.8 Å². The number of aryl methyl sites for hydroxylation is 1. The number of ether oxygens (including phenoxy) is 1. The summed E-state index contributed by atoms with van der Waals surface area (Å²) in [6, 6.07) is 9.41. The van der Waals surface area contributed by atoms with Crippen LogP contribution in [0.1, 0.15) is 17.5 Å². The van der Waals surface area contributed by atoms with Crippen molar-refractivity contribution in [1.82, 2.24) is 0 Å². The van der Waals surface area contributed by atoms with E-state index < -0.39 is 5.97 Å². The van der Waals surface area contributed by atoms with E-state index in [0.717, 1.165) is 25.8 Å². The van der Waals surface area contributed by atoms with Gasteiger partial charge in [-0.1, -0.05) is 11.6 Å². The fourth-order valence-corrected chi connectivity index (χ4v) is 3.95. The summed E-state index contributed by atoms with van der Waals surface area (Å²) in [5.74, 6) is -0.149. The van der Waals surface area contributed by atoms with Gasteiger partial charge in [0.25, 0.3) is 0 Å². The van der Waals surface area contributed by atoms with Crippen molar-refractivity contribution in [1.29, 1.82) is 0 Å². The molecule has 0 unspecified atom stereocenters. The SMILES string of the molecule is CNc1cc(Cl)cc(COc2c(Br)cc(CCC(=O)O)cc2Br)c1. The number of carboxylic acid groups (broad SMARTS) is 1. The molecule has 0 heterocycles. The van der Waals surface area contributed by atoms with E-state index in [9.17, 15) is 4.79 Å². The van der Waals surface area contributed by atoms with Gasteiger partial charge in [0.2, 0.25) is 0 Å². The van der Waals surface area contributed by atoms with Gasteiger partial charge in [-0.05, 0) is 79.7 Å². The summed E-state index contributed by atoms with van der Waals surface area (Å²) < 4.78 is 7.44. The maximum Gasteiger partial charge on any atom is 0.303 e. The number of benzene rings is 2. The van der Waals surface area contributed by atoms with Crippen molar-refractivity contribution in [3.8, 4) is 5.75 Å². The molecule has 0 bridgehead atoms. The van der Waals surface area contributed by atoms with Crippen LogP contribution in [0.25, 0.3) is 0 Å². The van der Waals surface area contributed by atoms with Gasteiger partial charge >= 0.3 is 5.97 Å². The summed E-state index contributed by atoms with van der Waals surface area (Å²) in [4.78, 5) is 10.7. The first-order chi connectivity index (χ1) is 11.4. The Morgan fingerprint density at radius 2 is 1.83 bits per heavy atom. The molecule has 2 aromatic carbocycles. The van der Waals surface area contributed by atoms with Crippen molar-refractivity contribution in [2.45, 2.75) is 19.4 Å². The number of hydrogen-bond donors (Lipinski definition) is 2. The maximum atomic E-state index is 10.7. The third kappa shape index (κ3) is 5.40. The normalized spacial score (nSPS) is 10.5. The second-order valence-electron chi connectivity index (χ2n) is 5.17. The number of carboxylic acids is 1. The lowest BCUT2D eigenvalue weighted by Crippen LogP contribution is -2.00. The Hall–Kier alpha value is -1.24. The van der Waals surface area contributed by atoms with Crippen LogP contribution in [0.4, 0.5) is 5.69 Å². The van der Waals surface area contributed by atoms with Gasteiger partial charge in [-0.2, -0.15) is 0 Å². The van der Waals surface area contributed by atoms with Gasteiger partial charge in [0.05, 0.1) is 8.95 Å². The molecule has 24 heavy (non-hydrogen) atoms. The molecule has 2 rings (SSSR count). The Morgan fingerprint density at radius 1 is 1.17 bits per heavy atom. The van der Waals surface area contributed by atoms with E-state index in [1.165, 1.54) is 0 Å². The average Bonchev–Trinajstić information content (AvgIpc) is 2.51. The van der Waals surface area contributed by atoms with E-state index in [2.05, 4.69) is 37.2 Å². The van der Waals surface area contributed by atoms with Gasteiger partial charge in [-0.3, -0.25) is 4.79 Å². The fraction of sp³-hybridized carbons (Fsp3) is 0.235. The smallest absolute Gasteiger partial charge is 0.303 e. The lowest BCUT2D eigenvalue weighted by molar-refractivity contribution is -0.136. The van der Waals surface area contributed by atoms with Gasteiger partial charge in [0.1, 0.15) is 12.4 Å². The number of carbonyl (C=O) groups is 1. The van der Waals surface area contributed by atoms with Crippen LogP contribution in [0.3, 0.4) is 0 Å². The molecule has 0 aliphatic rings. The van der Waals surface area contributed by atoms with E-state index in [1.54, 1.807) is 0 Å². The molecule has 0 amide bonds. The molecule has 2 aromatic rings. The number of anilines is 1. The average molecular weight is 478 g/mol. The summed E-state index contributed by atoms with van der Waals surface area (Å²) >= 11 is 13.1. The van der Waals surface area contributed by atoms with E-state index in [1.807, 2.05) is 37.4 Å². The molecule has 4 nitrogen and oxygen atoms in total. The summed E-state index contributed by atoms with van der Waals surface area (Å²) in [5.41, 5.74) is 2.78. The number of hydrogen-bond acceptors (Lipinski definition) is 3. The van der Waals surface area contributed by atoms with E-state index in [4.69, 9.17) is 21.4 Å². The second kappa shape index (κ2) is 8.74. The van der Waals surface area contributed by atoms with Crippen molar-refractivity contribution < 1.29 is 14.6 Å². The molecule has 0 saturated heterocycles. The van der Waals surface area contributed by atoms with E-state index in [0.29, 0.717) is 23.8 Å². The summed E-state index contributed by atoms with van der Waals surface area (Å²) in [6.07, 6.45) is 0.557. The predicted molar refractivity (Wildman–Crippen MR) is 103 cm³/mol. The van der Waals surface area contributed by atoms with Crippen molar-refractivity contribution >= 4 is 55.1 Å². The third-order valence-corrected chi connectivity index (χ3v) is 4.71. The second-order valence-corrected chi connectivity index (χ2v) is 7.31. The van der Waals surface area contributed by atoms with Crippen LogP contribution in [0.15, 0.2) is 39.3 Å². The summed E-state index contributed by atoms with van der Waals surface area (Å²) in [5, 5.41) is 12.5. The zero-order chi connectivity index (χ0) is 17.7. The lowest BCUT2D eigenvalue weighted by atomic mass is 10.1. The van der Waals surface area contributed by atoms with Gasteiger partial charge < -0.3 is 15.2 Å². The molecule has 2 N–H and O–H groups in total. The molecule has 7 heteroatoms. The molecule has 0 radical (unpaired) electrons. The lowest BCUT2D eigenvalue weighted by Gasteiger charge is -2.13. The minimum atomic E-state index is -0.816. The molecule has 0 aromatic heterocycles. The number of aliphatic carboxylic acids is 1. The monoisotopic (exact) mass is 475 g/mol. The largest absolute Gasteiger partial charge is 0.487 e. The standard InChI is InChI=1S/C17H16Br2ClNO3/c1-21-13-5-11(4-12(20)8-13)9-24-17-14(18)6-10(7-15(17)19)2-3-16(22)23/h4-8,21H,2-3,9H2,1H3,(H,22,23). The van der Waals surface area contributed by atoms with Crippen LogP contribution in [0, 0.1) is 0 Å². The van der Waals surface area contributed by atoms with Crippen LogP contribution in [-0.4, -0.2) is 18.1 Å². The Kier molecular flexibility index (Phi) is 6.95. The topological polar surface area (TPSA) is 58.6 Å². The highest BCUT2D eigenvalue weighted by Gasteiger charge is 2.11. The first-order valence-corrected chi connectivity index (χ1v) is 9.15. The van der Waals surface area contributed by atoms with E-state index in [-0.39, 0.29) is 6.42 Å². The van der Waals surface area contributed by atoms with Crippen LogP contribution >= 0.6 is 43.5 Å². The van der Waals surface area contributed by atoms with Crippen molar-refractivity contribution in [2.24, 2.45) is 0 Å².